The molecule has 0 saturated carbocycles. The maximum atomic E-state index is 2.55. The van der Waals surface area contributed by atoms with Crippen LogP contribution < -0.4 is 18.9 Å². The molecular weight excluding hydrogens is 564 g/mol. The minimum absolute atomic E-state index is 1.05. The van der Waals surface area contributed by atoms with Gasteiger partial charge in [0, 0.05) is 88.8 Å². The third-order valence-electron chi connectivity index (χ3n) is 9.92. The van der Waals surface area contributed by atoms with Crippen molar-refractivity contribution in [3.8, 4) is 0 Å². The van der Waals surface area contributed by atoms with Crippen molar-refractivity contribution in [2.45, 2.75) is 0 Å². The molecule has 0 spiro atoms. The number of likely N-dealkylation sites (N-methyl/N-ethyl adjacent to an activating group) is 2. The van der Waals surface area contributed by atoms with E-state index in [9.17, 15) is 0 Å². The highest BCUT2D eigenvalue weighted by Crippen LogP contribution is 2.29. The fraction of sp³-hybridized carbons (Fsp3) is 0.300. The monoisotopic (exact) mass is 610 g/mol. The first-order chi connectivity index (χ1) is 22.4. The molecule has 2 saturated heterocycles. The van der Waals surface area contributed by atoms with Crippen LogP contribution in [0.25, 0.3) is 46.1 Å². The maximum absolute atomic E-state index is 2.55. The molecule has 2 aliphatic rings. The van der Waals surface area contributed by atoms with Crippen LogP contribution in [0.2, 0.25) is 0 Å². The molecule has 234 valence electrons. The number of rotatable bonds is 6. The second-order valence-electron chi connectivity index (χ2n) is 13.0. The number of para-hydroxylation sites is 2. The summed E-state index contributed by atoms with van der Waals surface area (Å²) in [7, 11) is 8.78. The summed E-state index contributed by atoms with van der Waals surface area (Å²) < 4.78 is 4.62. The average Bonchev–Trinajstić information content (AvgIpc) is 3.09. The van der Waals surface area contributed by atoms with Crippen LogP contribution in [-0.4, -0.2) is 76.3 Å². The molecule has 0 amide bonds. The van der Waals surface area contributed by atoms with Gasteiger partial charge < -0.3 is 19.6 Å². The van der Waals surface area contributed by atoms with E-state index in [1.165, 1.54) is 55.7 Å². The Balaban J connectivity index is 1.18. The van der Waals surface area contributed by atoms with Gasteiger partial charge >= 0.3 is 0 Å². The molecule has 6 heteroatoms. The SMILES string of the molecule is CN1CCN(c2cc(/C=C/c3cccc(/C=C/c4cc(N5CCN(C)CC5)c5ccccc5[n+]4C)c3)[n+](C)c3ccccc23)CC1. The Morgan fingerprint density at radius 2 is 0.891 bits per heavy atom. The van der Waals surface area contributed by atoms with Crippen molar-refractivity contribution < 1.29 is 9.13 Å². The predicted octanol–water partition coefficient (Wildman–Crippen LogP) is 5.49. The predicted molar refractivity (Wildman–Crippen MR) is 194 cm³/mol. The van der Waals surface area contributed by atoms with Crippen molar-refractivity contribution in [2.24, 2.45) is 14.1 Å². The van der Waals surface area contributed by atoms with E-state index in [-0.39, 0.29) is 0 Å². The molecule has 0 atom stereocenters. The molecule has 2 aromatic heterocycles. The number of piperazine rings is 2. The van der Waals surface area contributed by atoms with Crippen molar-refractivity contribution in [3.05, 3.63) is 107 Å². The summed E-state index contributed by atoms with van der Waals surface area (Å²) in [6.07, 6.45) is 9.02. The fourth-order valence-corrected chi connectivity index (χ4v) is 6.94. The quantitative estimate of drug-likeness (QED) is 0.237. The van der Waals surface area contributed by atoms with E-state index in [1.807, 2.05) is 0 Å². The van der Waals surface area contributed by atoms with Gasteiger partial charge in [0.25, 0.3) is 0 Å². The largest absolute Gasteiger partial charge is 0.368 e. The van der Waals surface area contributed by atoms with E-state index in [0.29, 0.717) is 0 Å². The van der Waals surface area contributed by atoms with Crippen molar-refractivity contribution in [1.29, 1.82) is 0 Å². The van der Waals surface area contributed by atoms with Gasteiger partial charge in [-0.1, -0.05) is 42.5 Å². The summed E-state index contributed by atoms with van der Waals surface area (Å²) in [6.45, 7) is 8.58. The molecule has 5 aromatic rings. The minimum Gasteiger partial charge on any atom is -0.368 e. The van der Waals surface area contributed by atoms with Gasteiger partial charge in [0.2, 0.25) is 22.4 Å². The second-order valence-corrected chi connectivity index (χ2v) is 13.0. The molecular formula is C40H46N6+2. The topological polar surface area (TPSA) is 20.7 Å². The minimum atomic E-state index is 1.05. The standard InChI is InChI=1S/C40H46N6/c1-41-20-24-45(25-21-41)39-29-33(43(3)37-14-7-5-12-35(37)39)18-16-31-10-9-11-32(28-31)17-19-34-30-40(46-26-22-42(2)23-27-46)36-13-6-8-15-38(36)44(34)4/h5-19,28-30H,20-27H2,1-4H3/q+2/b18-16+,19-17+. The van der Waals surface area contributed by atoms with Gasteiger partial charge in [0.15, 0.2) is 0 Å². The average molecular weight is 611 g/mol. The highest BCUT2D eigenvalue weighted by atomic mass is 15.3. The van der Waals surface area contributed by atoms with Crippen LogP contribution >= 0.6 is 0 Å². The normalized spacial score (nSPS) is 16.9. The van der Waals surface area contributed by atoms with Crippen molar-refractivity contribution in [2.75, 3.05) is 76.3 Å². The molecule has 4 heterocycles. The third-order valence-corrected chi connectivity index (χ3v) is 9.92. The Morgan fingerprint density at radius 1 is 0.478 bits per heavy atom. The highest BCUT2D eigenvalue weighted by Gasteiger charge is 2.23. The summed E-state index contributed by atoms with van der Waals surface area (Å²) in [6, 6.07) is 31.1. The van der Waals surface area contributed by atoms with Crippen molar-refractivity contribution in [1.82, 2.24) is 9.80 Å². The van der Waals surface area contributed by atoms with Gasteiger partial charge in [0.05, 0.1) is 22.1 Å². The van der Waals surface area contributed by atoms with Crippen LogP contribution in [-0.2, 0) is 14.1 Å². The molecule has 0 unspecified atom stereocenters. The number of aromatic nitrogens is 2. The van der Waals surface area contributed by atoms with Gasteiger partial charge in [-0.15, -0.1) is 0 Å². The molecule has 7 rings (SSSR count). The van der Waals surface area contributed by atoms with Crippen LogP contribution in [0.4, 0.5) is 11.4 Å². The molecule has 0 radical (unpaired) electrons. The number of benzene rings is 3. The van der Waals surface area contributed by atoms with E-state index >= 15 is 0 Å². The van der Waals surface area contributed by atoms with Crippen molar-refractivity contribution in [3.63, 3.8) is 0 Å². The lowest BCUT2D eigenvalue weighted by Gasteiger charge is -2.34. The van der Waals surface area contributed by atoms with Crippen LogP contribution in [0.15, 0.2) is 84.9 Å². The Hall–Kier alpha value is -4.52. The van der Waals surface area contributed by atoms with E-state index in [0.717, 1.165) is 52.4 Å². The Labute approximate surface area is 273 Å². The van der Waals surface area contributed by atoms with Crippen LogP contribution in [0.5, 0.6) is 0 Å². The Morgan fingerprint density at radius 3 is 1.33 bits per heavy atom. The summed E-state index contributed by atoms with van der Waals surface area (Å²) >= 11 is 0. The molecule has 0 bridgehead atoms. The molecule has 0 aliphatic carbocycles. The van der Waals surface area contributed by atoms with Crippen molar-refractivity contribution >= 4 is 57.5 Å². The fourth-order valence-electron chi connectivity index (χ4n) is 6.94. The van der Waals surface area contributed by atoms with Gasteiger partial charge in [-0.2, -0.15) is 9.13 Å². The number of hydrogen-bond donors (Lipinski definition) is 0. The molecule has 6 nitrogen and oxygen atoms in total. The summed E-state index contributed by atoms with van der Waals surface area (Å²) in [5.74, 6) is 0. The van der Waals surface area contributed by atoms with Gasteiger partial charge in [-0.25, -0.2) is 0 Å². The maximum Gasteiger partial charge on any atom is 0.214 e. The number of nitrogens with zero attached hydrogens (tertiary/aromatic N) is 6. The first kappa shape index (κ1) is 30.2. The lowest BCUT2D eigenvalue weighted by molar-refractivity contribution is -0.646. The zero-order valence-corrected chi connectivity index (χ0v) is 27.7. The van der Waals surface area contributed by atoms with Crippen LogP contribution in [0.3, 0.4) is 0 Å². The lowest BCUT2D eigenvalue weighted by atomic mass is 10.1. The summed E-state index contributed by atoms with van der Waals surface area (Å²) in [5, 5.41) is 2.63. The van der Waals surface area contributed by atoms with Gasteiger partial charge in [-0.3, -0.25) is 0 Å². The zero-order valence-electron chi connectivity index (χ0n) is 27.7. The number of anilines is 2. The first-order valence-corrected chi connectivity index (χ1v) is 16.6. The molecule has 0 N–H and O–H groups in total. The van der Waals surface area contributed by atoms with E-state index in [1.54, 1.807) is 0 Å². The summed E-state index contributed by atoms with van der Waals surface area (Å²) in [4.78, 5) is 9.92. The highest BCUT2D eigenvalue weighted by molar-refractivity contribution is 5.92. The lowest BCUT2D eigenvalue weighted by Crippen LogP contribution is -2.45. The third kappa shape index (κ3) is 6.15. The van der Waals surface area contributed by atoms with Gasteiger partial charge in [0.1, 0.15) is 14.1 Å². The molecule has 2 aliphatic heterocycles. The molecule has 3 aromatic carbocycles. The zero-order chi connectivity index (χ0) is 31.6. The molecule has 2 fully saturated rings. The number of aryl methyl sites for hydroxylation is 2. The molecule has 46 heavy (non-hydrogen) atoms. The number of pyridine rings is 2. The summed E-state index contributed by atoms with van der Waals surface area (Å²) in [5.41, 5.74) is 9.97. The number of hydrogen-bond acceptors (Lipinski definition) is 4. The van der Waals surface area contributed by atoms with E-state index in [4.69, 9.17) is 0 Å². The smallest absolute Gasteiger partial charge is 0.214 e. The van der Waals surface area contributed by atoms with Gasteiger partial charge in [-0.05, 0) is 55.6 Å². The van der Waals surface area contributed by atoms with Crippen LogP contribution in [0.1, 0.15) is 22.5 Å². The Bertz CT molecular complexity index is 1790. The Kier molecular flexibility index (Phi) is 8.57. The first-order valence-electron chi connectivity index (χ1n) is 16.6. The number of fused-ring (bicyclic) bond motifs is 2. The van der Waals surface area contributed by atoms with E-state index in [2.05, 4.69) is 166 Å². The second kappa shape index (κ2) is 13.1. The van der Waals surface area contributed by atoms with Crippen LogP contribution in [0, 0.1) is 0 Å². The van der Waals surface area contributed by atoms with E-state index < -0.39 is 0 Å².